The second kappa shape index (κ2) is 8.54. The van der Waals surface area contributed by atoms with Gasteiger partial charge in [-0.25, -0.2) is 9.78 Å². The number of alkyl carbamates (subject to hydrolysis) is 1. The Morgan fingerprint density at radius 3 is 2.91 bits per heavy atom. The van der Waals surface area contributed by atoms with Gasteiger partial charge in [0.15, 0.2) is 0 Å². The molecule has 0 fully saturated rings. The van der Waals surface area contributed by atoms with Crippen LogP contribution in [0, 0.1) is 24.7 Å². The normalized spacial score (nSPS) is 9.65. The van der Waals surface area contributed by atoms with E-state index in [1.54, 1.807) is 0 Å². The van der Waals surface area contributed by atoms with E-state index < -0.39 is 12.0 Å². The van der Waals surface area contributed by atoms with Crippen molar-refractivity contribution in [3.05, 3.63) is 65.2 Å². The second-order valence-corrected chi connectivity index (χ2v) is 4.86. The van der Waals surface area contributed by atoms with Gasteiger partial charge in [-0.05, 0) is 18.1 Å². The Balaban J connectivity index is 1.70. The van der Waals surface area contributed by atoms with Gasteiger partial charge >= 0.3 is 6.09 Å². The van der Waals surface area contributed by atoms with E-state index in [1.165, 1.54) is 12.3 Å². The Labute approximate surface area is 134 Å². The van der Waals surface area contributed by atoms with Crippen LogP contribution in [-0.4, -0.2) is 17.6 Å². The maximum absolute atomic E-state index is 13.0. The predicted molar refractivity (Wildman–Crippen MR) is 85.1 cm³/mol. The average molecular weight is 312 g/mol. The number of aryl methyl sites for hydroxylation is 1. The first kappa shape index (κ1) is 16.5. The number of carbonyl (C=O) groups is 1. The van der Waals surface area contributed by atoms with Crippen LogP contribution in [-0.2, 0) is 11.3 Å². The number of nitrogens with zero attached hydrogens (tertiary/aromatic N) is 1. The number of carbonyl (C=O) groups excluding carboxylic acids is 1. The predicted octanol–water partition coefficient (Wildman–Crippen LogP) is 3.20. The average Bonchev–Trinajstić information content (AvgIpc) is 2.56. The first-order valence-corrected chi connectivity index (χ1v) is 7.21. The molecule has 0 aliphatic heterocycles. The monoisotopic (exact) mass is 312 g/mol. The molecular formula is C18H17FN2O2. The first-order chi connectivity index (χ1) is 11.1. The van der Waals surface area contributed by atoms with Gasteiger partial charge in [0, 0.05) is 30.8 Å². The zero-order chi connectivity index (χ0) is 16.5. The molecule has 0 radical (unpaired) electrons. The summed E-state index contributed by atoms with van der Waals surface area (Å²) in [5.74, 6) is 5.19. The Bertz CT molecular complexity index is 721. The molecule has 0 saturated heterocycles. The van der Waals surface area contributed by atoms with Crippen molar-refractivity contribution < 1.29 is 13.9 Å². The summed E-state index contributed by atoms with van der Waals surface area (Å²) in [4.78, 5) is 15.1. The molecule has 0 unspecified atom stereocenters. The van der Waals surface area contributed by atoms with Crippen molar-refractivity contribution in [3.63, 3.8) is 0 Å². The Morgan fingerprint density at radius 2 is 2.13 bits per heavy atom. The largest absolute Gasteiger partial charge is 0.445 e. The molecule has 4 nitrogen and oxygen atoms in total. The lowest BCUT2D eigenvalue weighted by Crippen LogP contribution is -2.24. The van der Waals surface area contributed by atoms with Gasteiger partial charge in [0.25, 0.3) is 0 Å². The number of aromatic nitrogens is 1. The van der Waals surface area contributed by atoms with Crippen LogP contribution in [0.4, 0.5) is 9.18 Å². The lowest BCUT2D eigenvalue weighted by molar-refractivity contribution is 0.140. The highest BCUT2D eigenvalue weighted by Crippen LogP contribution is 2.05. The molecule has 1 heterocycles. The third kappa shape index (κ3) is 5.79. The van der Waals surface area contributed by atoms with Gasteiger partial charge in [0.1, 0.15) is 6.61 Å². The van der Waals surface area contributed by atoms with E-state index in [1.807, 2.05) is 37.3 Å². The number of benzene rings is 1. The molecule has 0 spiro atoms. The number of pyridine rings is 1. The molecule has 5 heteroatoms. The van der Waals surface area contributed by atoms with Crippen molar-refractivity contribution in [1.29, 1.82) is 0 Å². The topological polar surface area (TPSA) is 51.2 Å². The smallest absolute Gasteiger partial charge is 0.407 e. The number of hydrogen-bond acceptors (Lipinski definition) is 3. The van der Waals surface area contributed by atoms with Gasteiger partial charge in [0.05, 0.1) is 0 Å². The molecule has 0 bridgehead atoms. The Morgan fingerprint density at radius 1 is 1.35 bits per heavy atom. The highest BCUT2D eigenvalue weighted by atomic mass is 19.1. The number of ether oxygens (including phenoxy) is 1. The summed E-state index contributed by atoms with van der Waals surface area (Å²) in [5, 5.41) is 2.62. The van der Waals surface area contributed by atoms with E-state index in [2.05, 4.69) is 22.1 Å². The third-order valence-electron chi connectivity index (χ3n) is 3.02. The molecule has 1 N–H and O–H groups in total. The molecule has 2 rings (SSSR count). The number of nitrogens with one attached hydrogen (secondary N) is 1. The van der Waals surface area contributed by atoms with Gasteiger partial charge in [-0.1, -0.05) is 42.2 Å². The minimum atomic E-state index is -0.553. The van der Waals surface area contributed by atoms with E-state index in [9.17, 15) is 9.18 Å². The van der Waals surface area contributed by atoms with Crippen LogP contribution < -0.4 is 5.32 Å². The third-order valence-corrected chi connectivity index (χ3v) is 3.02. The Hall–Kier alpha value is -2.87. The molecule has 118 valence electrons. The van der Waals surface area contributed by atoms with E-state index in [0.29, 0.717) is 18.5 Å². The molecule has 0 saturated carbocycles. The fourth-order valence-electron chi connectivity index (χ4n) is 1.79. The van der Waals surface area contributed by atoms with Crippen LogP contribution in [0.5, 0.6) is 0 Å². The summed E-state index contributed by atoms with van der Waals surface area (Å²) in [7, 11) is 0. The fourth-order valence-corrected chi connectivity index (χ4v) is 1.79. The summed E-state index contributed by atoms with van der Waals surface area (Å²) in [6.45, 7) is 2.41. The maximum atomic E-state index is 13.0. The minimum Gasteiger partial charge on any atom is -0.445 e. The van der Waals surface area contributed by atoms with Crippen LogP contribution in [0.3, 0.4) is 0 Å². The molecule has 0 aliphatic rings. The van der Waals surface area contributed by atoms with Gasteiger partial charge in [0.2, 0.25) is 5.95 Å². The number of amides is 1. The maximum Gasteiger partial charge on any atom is 0.407 e. The van der Waals surface area contributed by atoms with Gasteiger partial charge in [-0.3, -0.25) is 0 Å². The number of hydrogen-bond donors (Lipinski definition) is 1. The fraction of sp³-hybridized carbons (Fsp3) is 0.222. The van der Waals surface area contributed by atoms with Crippen LogP contribution in [0.2, 0.25) is 0 Å². The summed E-state index contributed by atoms with van der Waals surface area (Å²) in [5.41, 5.74) is 2.34. The van der Waals surface area contributed by atoms with Crippen molar-refractivity contribution in [2.75, 3.05) is 6.54 Å². The molecule has 0 aliphatic carbocycles. The molecule has 23 heavy (non-hydrogen) atoms. The zero-order valence-electron chi connectivity index (χ0n) is 12.8. The highest BCUT2D eigenvalue weighted by molar-refractivity contribution is 5.67. The van der Waals surface area contributed by atoms with Crippen molar-refractivity contribution in [2.45, 2.75) is 20.0 Å². The van der Waals surface area contributed by atoms with Crippen molar-refractivity contribution in [1.82, 2.24) is 10.3 Å². The lowest BCUT2D eigenvalue weighted by atomic mass is 10.1. The quantitative estimate of drug-likeness (QED) is 0.536. The van der Waals surface area contributed by atoms with Crippen molar-refractivity contribution >= 4 is 6.09 Å². The van der Waals surface area contributed by atoms with E-state index in [0.717, 1.165) is 11.1 Å². The van der Waals surface area contributed by atoms with Gasteiger partial charge in [-0.2, -0.15) is 4.39 Å². The summed E-state index contributed by atoms with van der Waals surface area (Å²) in [6, 6.07) is 10.7. The summed E-state index contributed by atoms with van der Waals surface area (Å²) >= 11 is 0. The van der Waals surface area contributed by atoms with Crippen LogP contribution in [0.25, 0.3) is 0 Å². The van der Waals surface area contributed by atoms with E-state index in [-0.39, 0.29) is 6.61 Å². The molecule has 2 aromatic rings. The van der Waals surface area contributed by atoms with E-state index in [4.69, 9.17) is 4.74 Å². The minimum absolute atomic E-state index is 0.230. The van der Waals surface area contributed by atoms with Crippen LogP contribution in [0.15, 0.2) is 42.6 Å². The molecular weight excluding hydrogens is 295 g/mol. The van der Waals surface area contributed by atoms with Crippen LogP contribution >= 0.6 is 0 Å². The Kier molecular flexibility index (Phi) is 6.13. The second-order valence-electron chi connectivity index (χ2n) is 4.86. The van der Waals surface area contributed by atoms with Gasteiger partial charge in [-0.15, -0.1) is 0 Å². The zero-order valence-corrected chi connectivity index (χ0v) is 12.8. The summed E-state index contributed by atoms with van der Waals surface area (Å²) < 4.78 is 18.1. The van der Waals surface area contributed by atoms with E-state index >= 15 is 0 Å². The molecule has 1 aromatic carbocycles. The molecule has 1 aromatic heterocycles. The van der Waals surface area contributed by atoms with Crippen LogP contribution in [0.1, 0.15) is 23.1 Å². The number of rotatable bonds is 4. The lowest BCUT2D eigenvalue weighted by Gasteiger charge is -2.05. The van der Waals surface area contributed by atoms with Crippen molar-refractivity contribution in [2.24, 2.45) is 0 Å². The van der Waals surface area contributed by atoms with Gasteiger partial charge < -0.3 is 10.1 Å². The van der Waals surface area contributed by atoms with Crippen molar-refractivity contribution in [3.8, 4) is 11.8 Å². The molecule has 0 atom stereocenters. The highest BCUT2D eigenvalue weighted by Gasteiger charge is 2.01. The summed E-state index contributed by atoms with van der Waals surface area (Å²) in [6.07, 6.45) is 1.41. The standard InChI is InChI=1S/C18H17FN2O2/c1-14-12-21-17(19)11-16(14)9-5-6-10-20-18(22)23-13-15-7-3-2-4-8-15/h2-4,7-8,11-12H,6,10,13H2,1H3,(H,20,22). The first-order valence-electron chi connectivity index (χ1n) is 7.21. The molecule has 1 amide bonds. The SMILES string of the molecule is Cc1cnc(F)cc1C#CCCNC(=O)OCc1ccccc1. The number of halogens is 1.